The van der Waals surface area contributed by atoms with Crippen molar-refractivity contribution in [1.82, 2.24) is 4.90 Å². The lowest BCUT2D eigenvalue weighted by Gasteiger charge is -2.29. The van der Waals surface area contributed by atoms with Crippen molar-refractivity contribution in [2.24, 2.45) is 11.7 Å². The second-order valence-corrected chi connectivity index (χ2v) is 5.72. The molecule has 1 aromatic rings. The Kier molecular flexibility index (Phi) is 4.94. The average Bonchev–Trinajstić information content (AvgIpc) is 2.85. The summed E-state index contributed by atoms with van der Waals surface area (Å²) in [5.74, 6) is 0.0827. The first kappa shape index (κ1) is 14.5. The van der Waals surface area contributed by atoms with Gasteiger partial charge in [0.15, 0.2) is 0 Å². The molecule has 2 N–H and O–H groups in total. The van der Waals surface area contributed by atoms with Crippen molar-refractivity contribution in [3.63, 3.8) is 0 Å². The molecule has 19 heavy (non-hydrogen) atoms. The highest BCUT2D eigenvalue weighted by molar-refractivity contribution is 5.21. The van der Waals surface area contributed by atoms with Gasteiger partial charge in [0, 0.05) is 24.2 Å². The molecule has 1 aliphatic rings. The second-order valence-electron chi connectivity index (χ2n) is 5.72. The van der Waals surface area contributed by atoms with E-state index in [4.69, 9.17) is 5.73 Å². The lowest BCUT2D eigenvalue weighted by molar-refractivity contribution is 0.202. The van der Waals surface area contributed by atoms with Crippen LogP contribution in [0.1, 0.15) is 44.7 Å². The molecule has 3 heteroatoms. The molecule has 3 atom stereocenters. The van der Waals surface area contributed by atoms with Crippen molar-refractivity contribution in [1.29, 1.82) is 0 Å². The minimum absolute atomic E-state index is 0.185. The number of nitrogens with two attached hydrogens (primary N) is 1. The maximum Gasteiger partial charge on any atom is 0.127 e. The Morgan fingerprint density at radius 3 is 2.84 bits per heavy atom. The van der Waals surface area contributed by atoms with Gasteiger partial charge in [-0.3, -0.25) is 0 Å². The molecule has 1 fully saturated rings. The van der Waals surface area contributed by atoms with E-state index in [2.05, 4.69) is 18.7 Å². The number of hydrogen-bond acceptors (Lipinski definition) is 2. The molecule has 0 amide bonds. The van der Waals surface area contributed by atoms with Crippen molar-refractivity contribution >= 4 is 0 Å². The van der Waals surface area contributed by atoms with Crippen LogP contribution < -0.4 is 5.73 Å². The van der Waals surface area contributed by atoms with Gasteiger partial charge in [0.1, 0.15) is 5.82 Å². The van der Waals surface area contributed by atoms with Gasteiger partial charge in [-0.15, -0.1) is 0 Å². The first-order chi connectivity index (χ1) is 9.13. The third-order valence-corrected chi connectivity index (χ3v) is 4.37. The summed E-state index contributed by atoms with van der Waals surface area (Å²) in [5.41, 5.74) is 6.88. The van der Waals surface area contributed by atoms with E-state index in [0.29, 0.717) is 11.6 Å². The quantitative estimate of drug-likeness (QED) is 0.884. The largest absolute Gasteiger partial charge is 0.324 e. The summed E-state index contributed by atoms with van der Waals surface area (Å²) in [6.07, 6.45) is 3.76. The van der Waals surface area contributed by atoms with Gasteiger partial charge in [-0.1, -0.05) is 32.0 Å². The number of benzene rings is 1. The van der Waals surface area contributed by atoms with E-state index in [1.807, 2.05) is 6.07 Å². The predicted octanol–water partition coefficient (Wildman–Crippen LogP) is 3.34. The van der Waals surface area contributed by atoms with Gasteiger partial charge in [-0.25, -0.2) is 4.39 Å². The highest BCUT2D eigenvalue weighted by atomic mass is 19.1. The van der Waals surface area contributed by atoms with E-state index in [9.17, 15) is 4.39 Å². The summed E-state index contributed by atoms with van der Waals surface area (Å²) >= 11 is 0. The molecule has 0 spiro atoms. The maximum atomic E-state index is 13.8. The van der Waals surface area contributed by atoms with Crippen molar-refractivity contribution in [3.05, 3.63) is 35.6 Å². The van der Waals surface area contributed by atoms with Crippen LogP contribution in [0.25, 0.3) is 0 Å². The molecule has 0 radical (unpaired) electrons. The number of rotatable bonds is 5. The molecule has 1 heterocycles. The Balaban J connectivity index is 1.99. The van der Waals surface area contributed by atoms with Gasteiger partial charge in [-0.05, 0) is 37.8 Å². The highest BCUT2D eigenvalue weighted by Gasteiger charge is 2.27. The summed E-state index contributed by atoms with van der Waals surface area (Å²) in [6, 6.07) is 7.33. The zero-order valence-corrected chi connectivity index (χ0v) is 12.0. The zero-order valence-electron chi connectivity index (χ0n) is 12.0. The van der Waals surface area contributed by atoms with Crippen molar-refractivity contribution in [2.75, 3.05) is 13.1 Å². The van der Waals surface area contributed by atoms with Crippen molar-refractivity contribution in [3.8, 4) is 0 Å². The van der Waals surface area contributed by atoms with E-state index in [0.717, 1.165) is 13.1 Å². The Labute approximate surface area is 115 Å². The van der Waals surface area contributed by atoms with E-state index in [1.165, 1.54) is 25.3 Å². The van der Waals surface area contributed by atoms with Crippen LogP contribution in [0.5, 0.6) is 0 Å². The fourth-order valence-corrected chi connectivity index (χ4v) is 3.13. The molecule has 3 unspecified atom stereocenters. The van der Waals surface area contributed by atoms with Crippen LogP contribution in [0.2, 0.25) is 0 Å². The topological polar surface area (TPSA) is 29.3 Å². The minimum Gasteiger partial charge on any atom is -0.324 e. The maximum absolute atomic E-state index is 13.8. The SMILES string of the molecule is CCC1CCCN1CC(C)C(N)c1ccccc1F. The van der Waals surface area contributed by atoms with Crippen LogP contribution in [0.4, 0.5) is 4.39 Å². The molecular weight excluding hydrogens is 239 g/mol. The third kappa shape index (κ3) is 3.34. The molecule has 1 aromatic carbocycles. The fourth-order valence-electron chi connectivity index (χ4n) is 3.13. The average molecular weight is 264 g/mol. The van der Waals surface area contributed by atoms with Gasteiger partial charge in [-0.2, -0.15) is 0 Å². The monoisotopic (exact) mass is 264 g/mol. The molecule has 0 aliphatic carbocycles. The Bertz CT molecular complexity index is 407. The van der Waals surface area contributed by atoms with Crippen molar-refractivity contribution in [2.45, 2.75) is 45.2 Å². The van der Waals surface area contributed by atoms with Crippen LogP contribution in [0, 0.1) is 11.7 Å². The van der Waals surface area contributed by atoms with E-state index >= 15 is 0 Å². The molecule has 1 aliphatic heterocycles. The minimum atomic E-state index is -0.223. The first-order valence-electron chi connectivity index (χ1n) is 7.37. The molecule has 106 valence electrons. The van der Waals surface area contributed by atoms with Crippen LogP contribution >= 0.6 is 0 Å². The number of likely N-dealkylation sites (tertiary alicyclic amines) is 1. The standard InChI is InChI=1S/C16H25FN2/c1-3-13-7-6-10-19(13)11-12(2)16(18)14-8-4-5-9-15(14)17/h4-5,8-9,12-13,16H,3,6-7,10-11,18H2,1-2H3. The van der Waals surface area contributed by atoms with Crippen LogP contribution in [0.3, 0.4) is 0 Å². The molecule has 1 saturated heterocycles. The summed E-state index contributed by atoms with van der Waals surface area (Å²) in [5, 5.41) is 0. The molecule has 2 nitrogen and oxygen atoms in total. The summed E-state index contributed by atoms with van der Waals surface area (Å²) < 4.78 is 13.8. The van der Waals surface area contributed by atoms with Crippen LogP contribution in [-0.4, -0.2) is 24.0 Å². The van der Waals surface area contributed by atoms with Gasteiger partial charge in [0.05, 0.1) is 0 Å². The highest BCUT2D eigenvalue weighted by Crippen LogP contribution is 2.26. The Morgan fingerprint density at radius 1 is 1.42 bits per heavy atom. The number of hydrogen-bond donors (Lipinski definition) is 1. The molecule has 0 bridgehead atoms. The van der Waals surface area contributed by atoms with E-state index < -0.39 is 0 Å². The van der Waals surface area contributed by atoms with Crippen molar-refractivity contribution < 1.29 is 4.39 Å². The predicted molar refractivity (Wildman–Crippen MR) is 77.4 cm³/mol. The normalized spacial score (nSPS) is 23.5. The fraction of sp³-hybridized carbons (Fsp3) is 0.625. The molecule has 0 saturated carbocycles. The number of nitrogens with zero attached hydrogens (tertiary/aromatic N) is 1. The molecular formula is C16H25FN2. The zero-order chi connectivity index (χ0) is 13.8. The lowest BCUT2D eigenvalue weighted by atomic mass is 9.94. The van der Waals surface area contributed by atoms with Gasteiger partial charge < -0.3 is 10.6 Å². The summed E-state index contributed by atoms with van der Waals surface area (Å²) in [7, 11) is 0. The van der Waals surface area contributed by atoms with Crippen LogP contribution in [0.15, 0.2) is 24.3 Å². The van der Waals surface area contributed by atoms with Gasteiger partial charge >= 0.3 is 0 Å². The lowest BCUT2D eigenvalue weighted by Crippen LogP contribution is -2.36. The van der Waals surface area contributed by atoms with Gasteiger partial charge in [0.25, 0.3) is 0 Å². The Hall–Kier alpha value is -0.930. The third-order valence-electron chi connectivity index (χ3n) is 4.37. The molecule has 0 aromatic heterocycles. The van der Waals surface area contributed by atoms with E-state index in [1.54, 1.807) is 12.1 Å². The first-order valence-corrected chi connectivity index (χ1v) is 7.37. The molecule has 2 rings (SSSR count). The summed E-state index contributed by atoms with van der Waals surface area (Å²) in [4.78, 5) is 2.52. The van der Waals surface area contributed by atoms with Gasteiger partial charge in [0.2, 0.25) is 0 Å². The smallest absolute Gasteiger partial charge is 0.127 e. The van der Waals surface area contributed by atoms with Crippen LogP contribution in [-0.2, 0) is 0 Å². The number of halogens is 1. The Morgan fingerprint density at radius 2 is 2.16 bits per heavy atom. The summed E-state index contributed by atoms with van der Waals surface area (Å²) in [6.45, 7) is 6.49. The second kappa shape index (κ2) is 6.49. The van der Waals surface area contributed by atoms with E-state index in [-0.39, 0.29) is 17.8 Å².